The van der Waals surface area contributed by atoms with E-state index in [0.717, 1.165) is 24.8 Å². The molecular formula is C15H25N3. The van der Waals surface area contributed by atoms with Crippen LogP contribution in [0.1, 0.15) is 44.7 Å². The van der Waals surface area contributed by atoms with Crippen LogP contribution in [0.3, 0.4) is 0 Å². The lowest BCUT2D eigenvalue weighted by Gasteiger charge is -2.31. The molecule has 0 radical (unpaired) electrons. The molecule has 1 unspecified atom stereocenters. The summed E-state index contributed by atoms with van der Waals surface area (Å²) in [5.41, 5.74) is 1.32. The van der Waals surface area contributed by atoms with Crippen LogP contribution in [0.25, 0.3) is 0 Å². The molecule has 0 bridgehead atoms. The molecule has 100 valence electrons. The zero-order valence-corrected chi connectivity index (χ0v) is 11.8. The molecule has 1 heterocycles. The average molecular weight is 247 g/mol. The summed E-state index contributed by atoms with van der Waals surface area (Å²) in [7, 11) is 2.16. The van der Waals surface area contributed by atoms with Crippen LogP contribution in [0.15, 0.2) is 18.3 Å². The number of hydrogen-bond donors (Lipinski definition) is 1. The lowest BCUT2D eigenvalue weighted by atomic mass is 9.85. The van der Waals surface area contributed by atoms with Crippen LogP contribution in [0.2, 0.25) is 0 Å². The summed E-state index contributed by atoms with van der Waals surface area (Å²) in [6.07, 6.45) is 6.11. The lowest BCUT2D eigenvalue weighted by Crippen LogP contribution is -2.30. The SMILES string of the molecule is CCNC(C)c1ccnc(N(C)CC2CCC2)c1. The standard InChI is InChI=1S/C15H25N3/c1-4-16-12(2)14-8-9-17-15(10-14)18(3)11-13-6-5-7-13/h8-10,12-13,16H,4-7,11H2,1-3H3. The summed E-state index contributed by atoms with van der Waals surface area (Å²) in [4.78, 5) is 6.79. The molecule has 1 aromatic heterocycles. The van der Waals surface area contributed by atoms with Crippen LogP contribution in [-0.2, 0) is 0 Å². The summed E-state index contributed by atoms with van der Waals surface area (Å²) >= 11 is 0. The third kappa shape index (κ3) is 3.22. The van der Waals surface area contributed by atoms with Crippen molar-refractivity contribution >= 4 is 5.82 Å². The van der Waals surface area contributed by atoms with Crippen molar-refractivity contribution in [3.8, 4) is 0 Å². The summed E-state index contributed by atoms with van der Waals surface area (Å²) in [6, 6.07) is 4.72. The largest absolute Gasteiger partial charge is 0.359 e. The third-order valence-corrected chi connectivity index (χ3v) is 3.93. The zero-order chi connectivity index (χ0) is 13.0. The Balaban J connectivity index is 2.00. The molecule has 1 aliphatic rings. The molecule has 1 fully saturated rings. The second kappa shape index (κ2) is 6.19. The number of nitrogens with zero attached hydrogens (tertiary/aromatic N) is 2. The van der Waals surface area contributed by atoms with Crippen molar-refractivity contribution < 1.29 is 0 Å². The molecule has 3 nitrogen and oxygen atoms in total. The van der Waals surface area contributed by atoms with Gasteiger partial charge in [-0.3, -0.25) is 0 Å². The second-order valence-electron chi connectivity index (χ2n) is 5.40. The van der Waals surface area contributed by atoms with Gasteiger partial charge in [-0.2, -0.15) is 0 Å². The van der Waals surface area contributed by atoms with E-state index in [1.54, 1.807) is 0 Å². The maximum Gasteiger partial charge on any atom is 0.128 e. The lowest BCUT2D eigenvalue weighted by molar-refractivity contribution is 0.321. The molecule has 0 amide bonds. The van der Waals surface area contributed by atoms with Gasteiger partial charge in [0.15, 0.2) is 0 Å². The van der Waals surface area contributed by atoms with Crippen molar-refractivity contribution in [1.82, 2.24) is 10.3 Å². The van der Waals surface area contributed by atoms with Gasteiger partial charge in [0.2, 0.25) is 0 Å². The van der Waals surface area contributed by atoms with Gasteiger partial charge in [0.05, 0.1) is 0 Å². The van der Waals surface area contributed by atoms with Gasteiger partial charge in [-0.25, -0.2) is 4.98 Å². The normalized spacial score (nSPS) is 17.3. The van der Waals surface area contributed by atoms with Crippen LogP contribution in [-0.4, -0.2) is 25.1 Å². The Kier molecular flexibility index (Phi) is 4.59. The highest BCUT2D eigenvalue weighted by atomic mass is 15.2. The van der Waals surface area contributed by atoms with Crippen LogP contribution in [0, 0.1) is 5.92 Å². The number of pyridine rings is 1. The topological polar surface area (TPSA) is 28.2 Å². The Morgan fingerprint density at radius 3 is 2.89 bits per heavy atom. The van der Waals surface area contributed by atoms with E-state index in [1.165, 1.54) is 24.8 Å². The predicted octanol–water partition coefficient (Wildman–Crippen LogP) is 2.99. The monoisotopic (exact) mass is 247 g/mol. The molecule has 1 aromatic rings. The van der Waals surface area contributed by atoms with Crippen molar-refractivity contribution in [3.05, 3.63) is 23.9 Å². The van der Waals surface area contributed by atoms with Crippen molar-refractivity contribution in [3.63, 3.8) is 0 Å². The molecule has 18 heavy (non-hydrogen) atoms. The molecular weight excluding hydrogens is 222 g/mol. The molecule has 1 N–H and O–H groups in total. The highest BCUT2D eigenvalue weighted by Crippen LogP contribution is 2.28. The van der Waals surface area contributed by atoms with Gasteiger partial charge in [0.1, 0.15) is 5.82 Å². The number of anilines is 1. The minimum atomic E-state index is 0.397. The quantitative estimate of drug-likeness (QED) is 0.837. The Bertz CT molecular complexity index is 374. The first-order chi connectivity index (χ1) is 8.70. The Morgan fingerprint density at radius 2 is 2.28 bits per heavy atom. The van der Waals surface area contributed by atoms with Gasteiger partial charge in [-0.15, -0.1) is 0 Å². The molecule has 3 heteroatoms. The minimum Gasteiger partial charge on any atom is -0.359 e. The molecule has 0 aliphatic heterocycles. The van der Waals surface area contributed by atoms with Gasteiger partial charge in [-0.05, 0) is 49.9 Å². The maximum atomic E-state index is 4.49. The molecule has 1 atom stereocenters. The molecule has 2 rings (SSSR count). The summed E-state index contributed by atoms with van der Waals surface area (Å²) in [5.74, 6) is 1.98. The third-order valence-electron chi connectivity index (χ3n) is 3.93. The van der Waals surface area contributed by atoms with Crippen molar-refractivity contribution in [1.29, 1.82) is 0 Å². The highest BCUT2D eigenvalue weighted by molar-refractivity contribution is 5.41. The first-order valence-electron chi connectivity index (χ1n) is 7.11. The number of aromatic nitrogens is 1. The summed E-state index contributed by atoms with van der Waals surface area (Å²) < 4.78 is 0. The van der Waals surface area contributed by atoms with E-state index in [-0.39, 0.29) is 0 Å². The fraction of sp³-hybridized carbons (Fsp3) is 0.667. The van der Waals surface area contributed by atoms with Crippen LogP contribution < -0.4 is 10.2 Å². The molecule has 1 aliphatic carbocycles. The molecule has 0 spiro atoms. The smallest absolute Gasteiger partial charge is 0.128 e. The van der Waals surface area contributed by atoms with Crippen LogP contribution in [0.5, 0.6) is 0 Å². The summed E-state index contributed by atoms with van der Waals surface area (Å²) in [6.45, 7) is 6.48. The van der Waals surface area contributed by atoms with Gasteiger partial charge in [0, 0.05) is 25.8 Å². The summed E-state index contributed by atoms with van der Waals surface area (Å²) in [5, 5.41) is 3.44. The van der Waals surface area contributed by atoms with Gasteiger partial charge < -0.3 is 10.2 Å². The van der Waals surface area contributed by atoms with Crippen molar-refractivity contribution in [2.24, 2.45) is 5.92 Å². The zero-order valence-electron chi connectivity index (χ0n) is 11.8. The van der Waals surface area contributed by atoms with Gasteiger partial charge >= 0.3 is 0 Å². The number of hydrogen-bond acceptors (Lipinski definition) is 3. The van der Waals surface area contributed by atoms with Crippen LogP contribution >= 0.6 is 0 Å². The first-order valence-corrected chi connectivity index (χ1v) is 7.11. The Morgan fingerprint density at radius 1 is 1.50 bits per heavy atom. The molecule has 0 saturated heterocycles. The second-order valence-corrected chi connectivity index (χ2v) is 5.40. The van der Waals surface area contributed by atoms with E-state index < -0.39 is 0 Å². The minimum absolute atomic E-state index is 0.397. The van der Waals surface area contributed by atoms with E-state index in [1.807, 2.05) is 6.20 Å². The van der Waals surface area contributed by atoms with Gasteiger partial charge in [0.25, 0.3) is 0 Å². The predicted molar refractivity (Wildman–Crippen MR) is 76.9 cm³/mol. The fourth-order valence-electron chi connectivity index (χ4n) is 2.49. The van der Waals surface area contributed by atoms with Crippen LogP contribution in [0.4, 0.5) is 5.82 Å². The highest BCUT2D eigenvalue weighted by Gasteiger charge is 2.19. The van der Waals surface area contributed by atoms with E-state index in [0.29, 0.717) is 6.04 Å². The maximum absolute atomic E-state index is 4.49. The molecule has 0 aromatic carbocycles. The van der Waals surface area contributed by atoms with E-state index in [2.05, 4.69) is 48.2 Å². The first kappa shape index (κ1) is 13.3. The van der Waals surface area contributed by atoms with Crippen molar-refractivity contribution in [2.45, 2.75) is 39.2 Å². The van der Waals surface area contributed by atoms with E-state index in [9.17, 15) is 0 Å². The number of rotatable bonds is 6. The van der Waals surface area contributed by atoms with Gasteiger partial charge in [-0.1, -0.05) is 13.3 Å². The fourth-order valence-corrected chi connectivity index (χ4v) is 2.49. The Hall–Kier alpha value is -1.09. The van der Waals surface area contributed by atoms with E-state index >= 15 is 0 Å². The van der Waals surface area contributed by atoms with Crippen molar-refractivity contribution in [2.75, 3.05) is 25.0 Å². The molecule has 1 saturated carbocycles. The Labute approximate surface area is 111 Å². The van der Waals surface area contributed by atoms with E-state index in [4.69, 9.17) is 0 Å². The number of nitrogens with one attached hydrogen (secondary N) is 1. The average Bonchev–Trinajstić information content (AvgIpc) is 2.34.